The van der Waals surface area contributed by atoms with Crippen molar-refractivity contribution in [2.24, 2.45) is 11.0 Å². The maximum atomic E-state index is 12.7. The lowest BCUT2D eigenvalue weighted by molar-refractivity contribution is -0.384. The molecule has 0 saturated carbocycles. The van der Waals surface area contributed by atoms with Crippen molar-refractivity contribution >= 4 is 28.9 Å². The molecule has 26 heavy (non-hydrogen) atoms. The van der Waals surface area contributed by atoms with Gasteiger partial charge in [-0.25, -0.2) is 5.43 Å². The van der Waals surface area contributed by atoms with Gasteiger partial charge in [-0.2, -0.15) is 5.10 Å². The Morgan fingerprint density at radius 1 is 1.15 bits per heavy atom. The molecule has 0 aromatic heterocycles. The molecule has 8 nitrogen and oxygen atoms in total. The summed E-state index contributed by atoms with van der Waals surface area (Å²) < 4.78 is 0. The normalized spacial score (nSPS) is 19.3. The van der Waals surface area contributed by atoms with Crippen LogP contribution < -0.4 is 10.7 Å². The summed E-state index contributed by atoms with van der Waals surface area (Å²) in [6.45, 7) is 1.70. The summed E-state index contributed by atoms with van der Waals surface area (Å²) in [5.74, 6) is -2.62. The number of nitro groups is 1. The number of non-ortho nitro benzene ring substituents is 1. The largest absolute Gasteiger partial charge is 0.325 e. The Hall–Kier alpha value is -3.55. The second-order valence-electron chi connectivity index (χ2n) is 5.89. The van der Waals surface area contributed by atoms with E-state index < -0.39 is 28.6 Å². The number of rotatable bonds is 4. The molecule has 1 aliphatic rings. The lowest BCUT2D eigenvalue weighted by atomic mass is 9.80. The van der Waals surface area contributed by atoms with Crippen LogP contribution >= 0.6 is 0 Å². The predicted molar refractivity (Wildman–Crippen MR) is 95.7 cm³/mol. The molecule has 2 amide bonds. The highest BCUT2D eigenvalue weighted by molar-refractivity contribution is 6.13. The molecule has 2 aromatic carbocycles. The second kappa shape index (κ2) is 7.14. The molecular weight excluding hydrogens is 336 g/mol. The molecule has 2 unspecified atom stereocenters. The topological polar surface area (TPSA) is 114 Å². The average Bonchev–Trinajstić information content (AvgIpc) is 2.64. The van der Waals surface area contributed by atoms with Gasteiger partial charge in [-0.3, -0.25) is 19.7 Å². The van der Waals surface area contributed by atoms with Gasteiger partial charge in [0.25, 0.3) is 11.6 Å². The number of hydrogen-bond donors (Lipinski definition) is 2. The minimum absolute atomic E-state index is 0.0612. The number of nitro benzene ring substituents is 1. The van der Waals surface area contributed by atoms with E-state index >= 15 is 0 Å². The van der Waals surface area contributed by atoms with E-state index in [-0.39, 0.29) is 5.69 Å². The van der Waals surface area contributed by atoms with Gasteiger partial charge >= 0.3 is 0 Å². The molecule has 3 rings (SSSR count). The van der Waals surface area contributed by atoms with Crippen molar-refractivity contribution in [2.75, 3.05) is 5.32 Å². The molecule has 2 atom stereocenters. The molecule has 0 fully saturated rings. The molecule has 1 aliphatic heterocycles. The van der Waals surface area contributed by atoms with E-state index in [2.05, 4.69) is 15.8 Å². The summed E-state index contributed by atoms with van der Waals surface area (Å²) in [5.41, 5.74) is 4.03. The van der Waals surface area contributed by atoms with Crippen molar-refractivity contribution in [3.63, 3.8) is 0 Å². The van der Waals surface area contributed by atoms with Crippen LogP contribution in [0.2, 0.25) is 0 Å². The van der Waals surface area contributed by atoms with Crippen LogP contribution in [0.25, 0.3) is 0 Å². The number of hydrogen-bond acceptors (Lipinski definition) is 5. The van der Waals surface area contributed by atoms with Crippen LogP contribution in [-0.4, -0.2) is 22.4 Å². The van der Waals surface area contributed by atoms with Crippen molar-refractivity contribution in [1.29, 1.82) is 0 Å². The number of anilines is 1. The Labute approximate surface area is 149 Å². The van der Waals surface area contributed by atoms with Crippen molar-refractivity contribution < 1.29 is 14.5 Å². The molecule has 2 aromatic rings. The minimum Gasteiger partial charge on any atom is -0.325 e. The van der Waals surface area contributed by atoms with Crippen LogP contribution in [0, 0.1) is 16.0 Å². The second-order valence-corrected chi connectivity index (χ2v) is 5.89. The quantitative estimate of drug-likeness (QED) is 0.500. The van der Waals surface area contributed by atoms with Gasteiger partial charge in [-0.05, 0) is 24.6 Å². The van der Waals surface area contributed by atoms with E-state index in [4.69, 9.17) is 0 Å². The van der Waals surface area contributed by atoms with Gasteiger partial charge in [0.05, 0.1) is 4.92 Å². The van der Waals surface area contributed by atoms with Crippen molar-refractivity contribution in [3.05, 3.63) is 70.3 Å². The third-order valence-corrected chi connectivity index (χ3v) is 4.20. The Morgan fingerprint density at radius 2 is 1.81 bits per heavy atom. The van der Waals surface area contributed by atoms with Crippen molar-refractivity contribution in [2.45, 2.75) is 12.8 Å². The third kappa shape index (κ3) is 3.44. The molecule has 1 heterocycles. The lowest BCUT2D eigenvalue weighted by Gasteiger charge is -2.28. The zero-order valence-corrected chi connectivity index (χ0v) is 13.9. The lowest BCUT2D eigenvalue weighted by Crippen LogP contribution is -2.46. The van der Waals surface area contributed by atoms with Crippen LogP contribution in [0.3, 0.4) is 0 Å². The number of amides is 2. The molecule has 132 valence electrons. The van der Waals surface area contributed by atoms with Crippen molar-refractivity contribution in [1.82, 2.24) is 5.43 Å². The fraction of sp³-hybridized carbons (Fsp3) is 0.167. The number of nitrogens with one attached hydrogen (secondary N) is 2. The average molecular weight is 352 g/mol. The number of carbonyl (C=O) groups excluding carboxylic acids is 2. The number of hydrazone groups is 1. The Kier molecular flexibility index (Phi) is 4.74. The molecule has 0 radical (unpaired) electrons. The number of benzene rings is 2. The Morgan fingerprint density at radius 3 is 2.42 bits per heavy atom. The van der Waals surface area contributed by atoms with Crippen LogP contribution in [0.1, 0.15) is 18.4 Å². The Bertz CT molecular complexity index is 878. The first-order valence-electron chi connectivity index (χ1n) is 7.91. The molecule has 8 heteroatoms. The summed E-state index contributed by atoms with van der Waals surface area (Å²) in [7, 11) is 0. The van der Waals surface area contributed by atoms with E-state index in [0.717, 1.165) is 0 Å². The van der Waals surface area contributed by atoms with Crippen LogP contribution in [-0.2, 0) is 9.59 Å². The monoisotopic (exact) mass is 352 g/mol. The number of para-hydroxylation sites is 1. The minimum atomic E-state index is -1.03. The molecule has 2 N–H and O–H groups in total. The maximum absolute atomic E-state index is 12.7. The van der Waals surface area contributed by atoms with E-state index in [1.165, 1.54) is 12.1 Å². The molecule has 0 aliphatic carbocycles. The van der Waals surface area contributed by atoms with Crippen molar-refractivity contribution in [3.8, 4) is 0 Å². The van der Waals surface area contributed by atoms with Crippen LogP contribution in [0.15, 0.2) is 59.7 Å². The molecule has 0 saturated heterocycles. The smallest absolute Gasteiger partial charge is 0.269 e. The van der Waals surface area contributed by atoms with Gasteiger partial charge in [0.2, 0.25) is 5.91 Å². The Balaban J connectivity index is 1.92. The zero-order chi connectivity index (χ0) is 18.7. The van der Waals surface area contributed by atoms with Gasteiger partial charge < -0.3 is 5.32 Å². The maximum Gasteiger partial charge on any atom is 0.269 e. The summed E-state index contributed by atoms with van der Waals surface area (Å²) in [6, 6.07) is 14.6. The van der Waals surface area contributed by atoms with Gasteiger partial charge in [-0.1, -0.05) is 30.3 Å². The van der Waals surface area contributed by atoms with Gasteiger partial charge in [0.15, 0.2) is 0 Å². The van der Waals surface area contributed by atoms with Gasteiger partial charge in [0.1, 0.15) is 5.92 Å². The van der Waals surface area contributed by atoms with E-state index in [9.17, 15) is 19.7 Å². The number of nitrogens with zero attached hydrogens (tertiary/aromatic N) is 2. The summed E-state index contributed by atoms with van der Waals surface area (Å²) in [5, 5.41) is 17.5. The summed E-state index contributed by atoms with van der Waals surface area (Å²) >= 11 is 0. The van der Waals surface area contributed by atoms with Crippen LogP contribution in [0.5, 0.6) is 0 Å². The highest BCUT2D eigenvalue weighted by Crippen LogP contribution is 2.31. The molecular formula is C18H16N4O4. The van der Waals surface area contributed by atoms with E-state index in [1.54, 1.807) is 43.3 Å². The van der Waals surface area contributed by atoms with Gasteiger partial charge in [0, 0.05) is 29.4 Å². The zero-order valence-electron chi connectivity index (χ0n) is 13.9. The third-order valence-electron chi connectivity index (χ3n) is 4.20. The predicted octanol–water partition coefficient (Wildman–Crippen LogP) is 2.44. The summed E-state index contributed by atoms with van der Waals surface area (Å²) in [6.07, 6.45) is 0. The van der Waals surface area contributed by atoms with Crippen LogP contribution in [0.4, 0.5) is 11.4 Å². The standard InChI is InChI=1S/C18H16N4O4/c1-11-15(12-7-9-14(10-8-12)22(25)26)16(18(24)21-20-11)17(23)19-13-5-3-2-4-6-13/h2-10,15-16H,1H3,(H,19,23)(H,21,24). The van der Waals surface area contributed by atoms with Gasteiger partial charge in [-0.15, -0.1) is 0 Å². The first kappa shape index (κ1) is 17.3. The summed E-state index contributed by atoms with van der Waals surface area (Å²) in [4.78, 5) is 35.4. The van der Waals surface area contributed by atoms with E-state index in [1.807, 2.05) is 6.07 Å². The fourth-order valence-corrected chi connectivity index (χ4v) is 2.92. The number of carbonyl (C=O) groups is 2. The van der Waals surface area contributed by atoms with E-state index in [0.29, 0.717) is 17.0 Å². The SMILES string of the molecule is CC1=NNC(=O)C(C(=O)Nc2ccccc2)C1c1ccc([N+](=O)[O-])cc1. The highest BCUT2D eigenvalue weighted by atomic mass is 16.6. The first-order valence-corrected chi connectivity index (χ1v) is 7.91. The fourth-order valence-electron chi connectivity index (χ4n) is 2.92. The molecule has 0 bridgehead atoms. The molecule has 0 spiro atoms. The highest BCUT2D eigenvalue weighted by Gasteiger charge is 2.40. The first-order chi connectivity index (χ1) is 12.5.